The molecule has 1 aromatic carbocycles. The molecule has 1 aliphatic heterocycles. The van der Waals surface area contributed by atoms with Gasteiger partial charge in [0.1, 0.15) is 0 Å². The van der Waals surface area contributed by atoms with Gasteiger partial charge in [0.05, 0.1) is 0 Å². The molecule has 1 aliphatic carbocycles. The van der Waals surface area contributed by atoms with Gasteiger partial charge in [-0.25, -0.2) is 0 Å². The van der Waals surface area contributed by atoms with Gasteiger partial charge in [0.2, 0.25) is 0 Å². The number of phenols is 1. The van der Waals surface area contributed by atoms with Crippen LogP contribution >= 0.6 is 0 Å². The van der Waals surface area contributed by atoms with Crippen molar-refractivity contribution in [1.29, 1.82) is 0 Å². The van der Waals surface area contributed by atoms with Gasteiger partial charge in [0.15, 0.2) is 0 Å². The Morgan fingerprint density at radius 1 is 1.11 bits per heavy atom. The van der Waals surface area contributed by atoms with Crippen molar-refractivity contribution < 1.29 is 61.8 Å². The average Bonchev–Trinajstić information content (AvgIpc) is 2.37. The zero-order valence-corrected chi connectivity index (χ0v) is 20.4. The number of phenolic OH excluding ortho intramolecular Hbond substituents is 1. The fourth-order valence-electron chi connectivity index (χ4n) is 1.84. The number of fused-ring (bicyclic) bond motifs is 2. The Morgan fingerprint density at radius 3 is 2.67 bits per heavy atom. The summed E-state index contributed by atoms with van der Waals surface area (Å²) in [5.41, 5.74) is 2.10. The molecule has 0 atom stereocenters. The van der Waals surface area contributed by atoms with Crippen LogP contribution in [0.15, 0.2) is 33.5 Å². The first-order valence-electron chi connectivity index (χ1n) is 5.31. The summed E-state index contributed by atoms with van der Waals surface area (Å²) in [6, 6.07) is 6.63. The monoisotopic (exact) mass is 615 g/mol. The van der Waals surface area contributed by atoms with Crippen molar-refractivity contribution in [2.45, 2.75) is 0 Å². The van der Waals surface area contributed by atoms with Crippen molar-refractivity contribution in [3.8, 4) is 17.2 Å². The van der Waals surface area contributed by atoms with E-state index >= 15 is 0 Å². The molecule has 1 heterocycles. The Kier molecular flexibility index (Phi) is 3.18. The van der Waals surface area contributed by atoms with Crippen LogP contribution in [0.4, 0.5) is 0 Å². The molecule has 78 valence electrons. The molecule has 0 bridgehead atoms. The van der Waals surface area contributed by atoms with Crippen LogP contribution in [0.5, 0.6) is 5.75 Å². The first kappa shape index (κ1) is 12.5. The summed E-state index contributed by atoms with van der Waals surface area (Å²) in [7, 11) is 0. The minimum absolute atomic E-state index is 0.0238. The van der Waals surface area contributed by atoms with Crippen molar-refractivity contribution in [2.24, 2.45) is 0 Å². The molecular weight excluding hydrogens is 607 g/mol. The Hall–Kier alpha value is -0.490. The van der Waals surface area contributed by atoms with Gasteiger partial charge in [-0.1, -0.05) is 0 Å². The summed E-state index contributed by atoms with van der Waals surface area (Å²) in [6.45, 7) is 0. The van der Waals surface area contributed by atoms with Crippen LogP contribution < -0.4 is 11.6 Å². The maximum atomic E-state index is 11.6. The molecule has 6 heteroatoms. The van der Waals surface area contributed by atoms with E-state index in [-0.39, 0.29) is 63.4 Å². The van der Waals surface area contributed by atoms with E-state index in [0.717, 1.165) is 11.7 Å². The number of hydrogen-bond acceptors (Lipinski definition) is 4. The standard InChI is InChI=1S/C12H5NO3.2Hg/c14-7-1-3-9-11(5-7)16-12-6-8(15)2-4-10(12)13-9;;/h1-4,14H;;/q;2*+1. The third kappa shape index (κ3) is 1.90. The number of aromatic hydroxyl groups is 1. The summed E-state index contributed by atoms with van der Waals surface area (Å²) >= 11 is 0.399. The van der Waals surface area contributed by atoms with E-state index < -0.39 is 0 Å². The van der Waals surface area contributed by atoms with E-state index in [1.54, 1.807) is 24.3 Å². The van der Waals surface area contributed by atoms with Crippen LogP contribution in [0.1, 0.15) is 0 Å². The van der Waals surface area contributed by atoms with E-state index in [0.29, 0.717) is 17.0 Å². The molecule has 0 aromatic heterocycles. The van der Waals surface area contributed by atoms with Crippen molar-refractivity contribution >= 4 is 17.2 Å². The van der Waals surface area contributed by atoms with Crippen molar-refractivity contribution in [3.63, 3.8) is 0 Å². The van der Waals surface area contributed by atoms with E-state index in [2.05, 4.69) is 4.98 Å². The maximum absolute atomic E-state index is 11.6. The average molecular weight is 612 g/mol. The second-order valence-corrected chi connectivity index (χ2v) is 9.51. The number of aromatic nitrogens is 1. The van der Waals surface area contributed by atoms with Crippen molar-refractivity contribution in [1.82, 2.24) is 4.98 Å². The zero-order valence-electron chi connectivity index (χ0n) is 9.43. The van der Waals surface area contributed by atoms with Gasteiger partial charge < -0.3 is 0 Å². The van der Waals surface area contributed by atoms with Crippen LogP contribution in [-0.2, 0) is 52.2 Å². The Balaban J connectivity index is 2.54. The predicted octanol–water partition coefficient (Wildman–Crippen LogP) is 0.343. The van der Waals surface area contributed by atoms with Crippen LogP contribution in [0.2, 0.25) is 0 Å². The van der Waals surface area contributed by atoms with Crippen molar-refractivity contribution in [2.75, 3.05) is 0 Å². The summed E-state index contributed by atoms with van der Waals surface area (Å²) in [4.78, 5) is 16.1. The number of hydrogen-bond donors (Lipinski definition) is 1. The molecule has 0 radical (unpaired) electrons. The Bertz CT molecular complexity index is 797. The topological polar surface area (TPSA) is 63.3 Å². The molecular formula is C12H5Hg2NO3+2. The molecule has 0 unspecified atom stereocenters. The molecule has 0 saturated carbocycles. The third-order valence-corrected chi connectivity index (χ3v) is 8.12. The second-order valence-electron chi connectivity index (χ2n) is 4.02. The molecule has 3 rings (SSSR count). The molecule has 4 nitrogen and oxygen atoms in total. The fourth-order valence-corrected chi connectivity index (χ4v) is 4.72. The summed E-state index contributed by atoms with van der Waals surface area (Å²) in [6.07, 6.45) is 0. The SMILES string of the molecule is O=c1ccc2nc3ccc(O)[c]([Hg+])c3oc-2[c]1[Hg+]. The minimum atomic E-state index is 0.0238. The van der Waals surface area contributed by atoms with E-state index in [1.807, 2.05) is 0 Å². The van der Waals surface area contributed by atoms with E-state index in [4.69, 9.17) is 4.42 Å². The predicted molar refractivity (Wildman–Crippen MR) is 57.8 cm³/mol. The van der Waals surface area contributed by atoms with Crippen LogP contribution in [0, 0.1) is 0 Å². The summed E-state index contributed by atoms with van der Waals surface area (Å²) in [5.74, 6) is 0.851. The Morgan fingerprint density at radius 2 is 1.89 bits per heavy atom. The molecule has 1 aromatic rings. The normalized spacial score (nSPS) is 11.3. The van der Waals surface area contributed by atoms with Crippen molar-refractivity contribution in [3.05, 3.63) is 34.5 Å². The van der Waals surface area contributed by atoms with E-state index in [9.17, 15) is 9.90 Å². The molecule has 2 aliphatic rings. The van der Waals surface area contributed by atoms with Gasteiger partial charge in [0, 0.05) is 0 Å². The molecule has 0 amide bonds. The molecule has 0 spiro atoms. The number of nitrogens with zero attached hydrogens (tertiary/aromatic N) is 1. The van der Waals surface area contributed by atoms with Crippen LogP contribution in [0.3, 0.4) is 0 Å². The van der Waals surface area contributed by atoms with Gasteiger partial charge in [-0.15, -0.1) is 0 Å². The van der Waals surface area contributed by atoms with E-state index in [1.165, 1.54) is 0 Å². The summed E-state index contributed by atoms with van der Waals surface area (Å²) < 4.78 is 7.43. The number of rotatable bonds is 0. The number of benzene rings is 2. The summed E-state index contributed by atoms with van der Waals surface area (Å²) in [5, 5.41) is 9.72. The Labute approximate surface area is 134 Å². The fraction of sp³-hybridized carbons (Fsp3) is 0. The third-order valence-electron chi connectivity index (χ3n) is 2.86. The molecule has 1 N–H and O–H groups in total. The van der Waals surface area contributed by atoms with Gasteiger partial charge in [0.25, 0.3) is 0 Å². The first-order valence-corrected chi connectivity index (χ1v) is 10.8. The molecule has 0 fully saturated rings. The van der Waals surface area contributed by atoms with Gasteiger partial charge in [-0.2, -0.15) is 0 Å². The zero-order chi connectivity index (χ0) is 12.9. The molecule has 0 saturated heterocycles. The van der Waals surface area contributed by atoms with Gasteiger partial charge in [-0.05, 0) is 0 Å². The van der Waals surface area contributed by atoms with Crippen LogP contribution in [-0.4, -0.2) is 10.1 Å². The first-order chi connectivity index (χ1) is 8.58. The quantitative estimate of drug-likeness (QED) is 0.294. The van der Waals surface area contributed by atoms with Gasteiger partial charge in [-0.3, -0.25) is 0 Å². The second kappa shape index (κ2) is 4.56. The van der Waals surface area contributed by atoms with Crippen LogP contribution in [0.25, 0.3) is 22.6 Å². The van der Waals surface area contributed by atoms with Gasteiger partial charge >= 0.3 is 136 Å². The molecule has 18 heavy (non-hydrogen) atoms.